The number of carbonyl (C=O) groups excluding carboxylic acids is 2. The molecule has 0 radical (unpaired) electrons. The standard InChI is InChI=1S/C15H10N4O2/c16-7-10-6-9(4-5-18-10)8-19-14(20)11-2-1-3-12(17)13(11)15(19)21/h1-6H,8,17H2. The van der Waals surface area contributed by atoms with E-state index in [1.807, 2.05) is 6.07 Å². The van der Waals surface area contributed by atoms with Crippen molar-refractivity contribution in [2.24, 2.45) is 0 Å². The summed E-state index contributed by atoms with van der Waals surface area (Å²) in [6.45, 7) is 0.0863. The molecule has 0 saturated heterocycles. The molecule has 6 nitrogen and oxygen atoms in total. The minimum Gasteiger partial charge on any atom is -0.398 e. The van der Waals surface area contributed by atoms with E-state index in [0.717, 1.165) is 4.90 Å². The summed E-state index contributed by atoms with van der Waals surface area (Å²) in [6.07, 6.45) is 1.47. The molecule has 1 aromatic heterocycles. The summed E-state index contributed by atoms with van der Waals surface area (Å²) in [5, 5.41) is 8.83. The maximum absolute atomic E-state index is 12.3. The minimum absolute atomic E-state index is 0.0863. The predicted octanol–water partition coefficient (Wildman–Crippen LogP) is 1.33. The summed E-state index contributed by atoms with van der Waals surface area (Å²) in [5.41, 5.74) is 7.53. The van der Waals surface area contributed by atoms with E-state index in [1.165, 1.54) is 6.20 Å². The largest absolute Gasteiger partial charge is 0.398 e. The normalized spacial score (nSPS) is 13.2. The number of benzene rings is 1. The van der Waals surface area contributed by atoms with Gasteiger partial charge in [0.15, 0.2) is 0 Å². The molecular weight excluding hydrogens is 268 g/mol. The summed E-state index contributed by atoms with van der Waals surface area (Å²) in [4.78, 5) is 29.6. The number of hydrogen-bond acceptors (Lipinski definition) is 5. The van der Waals surface area contributed by atoms with Crippen LogP contribution in [-0.2, 0) is 6.54 Å². The third kappa shape index (κ3) is 2.01. The lowest BCUT2D eigenvalue weighted by Crippen LogP contribution is -2.29. The maximum Gasteiger partial charge on any atom is 0.263 e. The van der Waals surface area contributed by atoms with Gasteiger partial charge in [0.2, 0.25) is 0 Å². The Hall–Kier alpha value is -3.20. The molecule has 3 rings (SSSR count). The first kappa shape index (κ1) is 12.8. The van der Waals surface area contributed by atoms with Gasteiger partial charge in [-0.3, -0.25) is 14.5 Å². The zero-order chi connectivity index (χ0) is 15.0. The third-order valence-electron chi connectivity index (χ3n) is 3.31. The smallest absolute Gasteiger partial charge is 0.263 e. The average molecular weight is 278 g/mol. The van der Waals surface area contributed by atoms with Crippen LogP contribution in [0.15, 0.2) is 36.5 Å². The van der Waals surface area contributed by atoms with Gasteiger partial charge in [-0.15, -0.1) is 0 Å². The lowest BCUT2D eigenvalue weighted by molar-refractivity contribution is 0.0642. The van der Waals surface area contributed by atoms with Crippen molar-refractivity contribution in [1.82, 2.24) is 9.88 Å². The molecule has 0 saturated carbocycles. The van der Waals surface area contributed by atoms with Crippen LogP contribution in [0.25, 0.3) is 0 Å². The summed E-state index contributed by atoms with van der Waals surface area (Å²) in [6, 6.07) is 9.95. The Morgan fingerprint density at radius 1 is 1.24 bits per heavy atom. The Bertz CT molecular complexity index is 808. The van der Waals surface area contributed by atoms with E-state index in [2.05, 4.69) is 4.98 Å². The zero-order valence-electron chi connectivity index (χ0n) is 10.9. The van der Waals surface area contributed by atoms with Crippen molar-refractivity contribution < 1.29 is 9.59 Å². The number of fused-ring (bicyclic) bond motifs is 1. The van der Waals surface area contributed by atoms with Crippen LogP contribution in [-0.4, -0.2) is 21.7 Å². The zero-order valence-corrected chi connectivity index (χ0v) is 10.9. The van der Waals surface area contributed by atoms with Crippen LogP contribution < -0.4 is 5.73 Å². The first-order valence-corrected chi connectivity index (χ1v) is 6.21. The van der Waals surface area contributed by atoms with Gasteiger partial charge in [-0.25, -0.2) is 4.98 Å². The molecular formula is C15H10N4O2. The number of nitrogens with two attached hydrogens (primary N) is 1. The van der Waals surface area contributed by atoms with Crippen LogP contribution in [0.4, 0.5) is 5.69 Å². The maximum atomic E-state index is 12.3. The highest BCUT2D eigenvalue weighted by molar-refractivity contribution is 6.23. The lowest BCUT2D eigenvalue weighted by atomic mass is 10.1. The SMILES string of the molecule is N#Cc1cc(CN2C(=O)c3cccc(N)c3C2=O)ccn1. The second-order valence-electron chi connectivity index (χ2n) is 4.63. The van der Waals surface area contributed by atoms with Crippen LogP contribution in [0.2, 0.25) is 0 Å². The number of rotatable bonds is 2. The molecule has 0 unspecified atom stereocenters. The number of pyridine rings is 1. The molecule has 2 amide bonds. The van der Waals surface area contributed by atoms with E-state index >= 15 is 0 Å². The van der Waals surface area contributed by atoms with Gasteiger partial charge >= 0.3 is 0 Å². The number of nitrogens with zero attached hydrogens (tertiary/aromatic N) is 3. The van der Waals surface area contributed by atoms with Gasteiger partial charge in [0.05, 0.1) is 17.7 Å². The van der Waals surface area contributed by atoms with E-state index in [4.69, 9.17) is 11.0 Å². The number of carbonyl (C=O) groups is 2. The molecule has 0 atom stereocenters. The second kappa shape index (κ2) is 4.72. The Morgan fingerprint density at radius 2 is 2.05 bits per heavy atom. The number of nitrogen functional groups attached to an aromatic ring is 1. The van der Waals surface area contributed by atoms with E-state index in [0.29, 0.717) is 16.8 Å². The number of anilines is 1. The Morgan fingerprint density at radius 3 is 2.76 bits per heavy atom. The Kier molecular flexibility index (Phi) is 2.88. The molecule has 1 aliphatic rings. The fraction of sp³-hybridized carbons (Fsp3) is 0.0667. The highest BCUT2D eigenvalue weighted by Crippen LogP contribution is 2.28. The average Bonchev–Trinajstić information content (AvgIpc) is 2.74. The fourth-order valence-corrected chi connectivity index (χ4v) is 2.32. The molecule has 2 heterocycles. The van der Waals surface area contributed by atoms with Crippen LogP contribution >= 0.6 is 0 Å². The van der Waals surface area contributed by atoms with Crippen molar-refractivity contribution in [3.8, 4) is 6.07 Å². The van der Waals surface area contributed by atoms with Gasteiger partial charge in [0.25, 0.3) is 11.8 Å². The fourth-order valence-electron chi connectivity index (χ4n) is 2.32. The van der Waals surface area contributed by atoms with Gasteiger partial charge in [0, 0.05) is 11.9 Å². The predicted molar refractivity (Wildman–Crippen MR) is 74.0 cm³/mol. The summed E-state index contributed by atoms with van der Waals surface area (Å²) < 4.78 is 0. The number of hydrogen-bond donors (Lipinski definition) is 1. The quantitative estimate of drug-likeness (QED) is 0.659. The van der Waals surface area contributed by atoms with Crippen LogP contribution in [0.5, 0.6) is 0 Å². The number of aromatic nitrogens is 1. The monoisotopic (exact) mass is 278 g/mol. The van der Waals surface area contributed by atoms with Crippen LogP contribution in [0, 0.1) is 11.3 Å². The summed E-state index contributed by atoms with van der Waals surface area (Å²) >= 11 is 0. The van der Waals surface area contributed by atoms with Gasteiger partial charge in [-0.05, 0) is 29.8 Å². The first-order valence-electron chi connectivity index (χ1n) is 6.21. The Labute approximate surface area is 120 Å². The molecule has 2 N–H and O–H groups in total. The van der Waals surface area contributed by atoms with E-state index in [9.17, 15) is 9.59 Å². The van der Waals surface area contributed by atoms with Crippen molar-refractivity contribution in [2.75, 3.05) is 5.73 Å². The molecule has 1 aliphatic heterocycles. The van der Waals surface area contributed by atoms with Gasteiger partial charge < -0.3 is 5.73 Å². The topological polar surface area (TPSA) is 100 Å². The molecule has 6 heteroatoms. The molecule has 0 fully saturated rings. The van der Waals surface area contributed by atoms with E-state index in [-0.39, 0.29) is 23.7 Å². The molecule has 0 bridgehead atoms. The molecule has 1 aromatic carbocycles. The van der Waals surface area contributed by atoms with Crippen molar-refractivity contribution in [1.29, 1.82) is 5.26 Å². The van der Waals surface area contributed by atoms with Crippen molar-refractivity contribution in [2.45, 2.75) is 6.54 Å². The highest BCUT2D eigenvalue weighted by Gasteiger charge is 2.36. The lowest BCUT2D eigenvalue weighted by Gasteiger charge is -2.13. The minimum atomic E-state index is -0.414. The third-order valence-corrected chi connectivity index (χ3v) is 3.31. The Balaban J connectivity index is 1.95. The van der Waals surface area contributed by atoms with Gasteiger partial charge in [-0.1, -0.05) is 6.07 Å². The van der Waals surface area contributed by atoms with Crippen molar-refractivity contribution >= 4 is 17.5 Å². The van der Waals surface area contributed by atoms with Crippen molar-refractivity contribution in [3.05, 3.63) is 58.9 Å². The molecule has 2 aromatic rings. The van der Waals surface area contributed by atoms with Gasteiger partial charge in [0.1, 0.15) is 11.8 Å². The molecule has 0 spiro atoms. The molecule has 102 valence electrons. The van der Waals surface area contributed by atoms with Gasteiger partial charge in [-0.2, -0.15) is 5.26 Å². The first-order chi connectivity index (χ1) is 10.1. The van der Waals surface area contributed by atoms with E-state index < -0.39 is 5.91 Å². The number of amides is 2. The summed E-state index contributed by atoms with van der Waals surface area (Å²) in [7, 11) is 0. The highest BCUT2D eigenvalue weighted by atomic mass is 16.2. The molecule has 21 heavy (non-hydrogen) atoms. The van der Waals surface area contributed by atoms with Crippen molar-refractivity contribution in [3.63, 3.8) is 0 Å². The number of nitriles is 1. The number of imide groups is 1. The second-order valence-corrected chi connectivity index (χ2v) is 4.63. The van der Waals surface area contributed by atoms with Crippen LogP contribution in [0.1, 0.15) is 32.0 Å². The van der Waals surface area contributed by atoms with Crippen LogP contribution in [0.3, 0.4) is 0 Å². The summed E-state index contributed by atoms with van der Waals surface area (Å²) in [5.74, 6) is -0.791. The van der Waals surface area contributed by atoms with E-state index in [1.54, 1.807) is 30.3 Å². The molecule has 0 aliphatic carbocycles.